The monoisotopic (exact) mass is 260 g/mol. The van der Waals surface area contributed by atoms with E-state index in [2.05, 4.69) is 10.6 Å². The highest BCUT2D eigenvalue weighted by atomic mass is 35.5. The fourth-order valence-electron chi connectivity index (χ4n) is 1.09. The van der Waals surface area contributed by atoms with Crippen molar-refractivity contribution in [1.29, 1.82) is 0 Å². The van der Waals surface area contributed by atoms with Crippen LogP contribution in [0.25, 0.3) is 0 Å². The molecule has 1 rings (SSSR count). The number of carbonyl (C=O) groups excluding carboxylic acids is 1. The van der Waals surface area contributed by atoms with Crippen LogP contribution in [0, 0.1) is 5.82 Å². The van der Waals surface area contributed by atoms with E-state index in [4.69, 9.17) is 16.7 Å². The van der Waals surface area contributed by atoms with Crippen LogP contribution in [0.15, 0.2) is 18.2 Å². The SMILES string of the molecule is CC(C)(CO)NC(=O)Nc1cc(F)ccc1Cl. The second-order valence-corrected chi connectivity index (χ2v) is 4.65. The lowest BCUT2D eigenvalue weighted by Crippen LogP contribution is -2.48. The Morgan fingerprint density at radius 1 is 1.53 bits per heavy atom. The molecule has 2 amide bonds. The third-order valence-corrected chi connectivity index (χ3v) is 2.35. The Hall–Kier alpha value is -1.33. The predicted octanol–water partition coefficient (Wildman–Crippen LogP) is 2.37. The van der Waals surface area contributed by atoms with Crippen LogP contribution >= 0.6 is 11.6 Å². The van der Waals surface area contributed by atoms with Crippen molar-refractivity contribution in [3.8, 4) is 0 Å². The smallest absolute Gasteiger partial charge is 0.319 e. The average molecular weight is 261 g/mol. The standard InChI is InChI=1S/C11H14ClFN2O2/c1-11(2,6-16)15-10(17)14-9-5-7(13)3-4-8(9)12/h3-5,16H,6H2,1-2H3,(H2,14,15,17). The van der Waals surface area contributed by atoms with E-state index < -0.39 is 17.4 Å². The maximum atomic E-state index is 12.9. The Labute approximate surface area is 104 Å². The van der Waals surface area contributed by atoms with Crippen molar-refractivity contribution < 1.29 is 14.3 Å². The van der Waals surface area contributed by atoms with Gasteiger partial charge in [0.1, 0.15) is 5.82 Å². The molecule has 0 saturated heterocycles. The number of urea groups is 1. The summed E-state index contributed by atoms with van der Waals surface area (Å²) in [6.45, 7) is 3.09. The van der Waals surface area contributed by atoms with Crippen LogP contribution < -0.4 is 10.6 Å². The quantitative estimate of drug-likeness (QED) is 0.781. The molecule has 0 heterocycles. The van der Waals surface area contributed by atoms with Crippen molar-refractivity contribution in [3.63, 3.8) is 0 Å². The number of hydrogen-bond acceptors (Lipinski definition) is 2. The lowest BCUT2D eigenvalue weighted by atomic mass is 10.1. The molecule has 4 nitrogen and oxygen atoms in total. The summed E-state index contributed by atoms with van der Waals surface area (Å²) in [6, 6.07) is 3.11. The van der Waals surface area contributed by atoms with E-state index in [1.807, 2.05) is 0 Å². The number of rotatable bonds is 3. The minimum atomic E-state index is -0.760. The van der Waals surface area contributed by atoms with Crippen LogP contribution in [0.2, 0.25) is 5.02 Å². The Kier molecular flexibility index (Phi) is 4.31. The van der Waals surface area contributed by atoms with Crippen LogP contribution in [-0.4, -0.2) is 23.3 Å². The minimum Gasteiger partial charge on any atom is -0.394 e. The van der Waals surface area contributed by atoms with Gasteiger partial charge < -0.3 is 15.7 Å². The van der Waals surface area contributed by atoms with Gasteiger partial charge in [0.15, 0.2) is 0 Å². The van der Waals surface area contributed by atoms with Crippen molar-refractivity contribution >= 4 is 23.3 Å². The number of aliphatic hydroxyl groups excluding tert-OH is 1. The molecule has 0 saturated carbocycles. The molecule has 0 atom stereocenters. The zero-order valence-corrected chi connectivity index (χ0v) is 10.3. The molecule has 94 valence electrons. The summed E-state index contributed by atoms with van der Waals surface area (Å²) in [5, 5.41) is 14.1. The third kappa shape index (κ3) is 4.20. The van der Waals surface area contributed by atoms with Crippen molar-refractivity contribution in [1.82, 2.24) is 5.32 Å². The maximum Gasteiger partial charge on any atom is 0.319 e. The van der Waals surface area contributed by atoms with Gasteiger partial charge in [-0.1, -0.05) is 11.6 Å². The zero-order valence-electron chi connectivity index (χ0n) is 9.55. The van der Waals surface area contributed by atoms with Crippen LogP contribution in [0.1, 0.15) is 13.8 Å². The van der Waals surface area contributed by atoms with Gasteiger partial charge in [-0.25, -0.2) is 9.18 Å². The topological polar surface area (TPSA) is 61.4 Å². The molecule has 1 aromatic carbocycles. The molecule has 0 unspecified atom stereocenters. The first kappa shape index (κ1) is 13.7. The first-order valence-electron chi connectivity index (χ1n) is 4.99. The van der Waals surface area contributed by atoms with Gasteiger partial charge >= 0.3 is 6.03 Å². The number of nitrogens with one attached hydrogen (secondary N) is 2. The van der Waals surface area contributed by atoms with E-state index in [1.165, 1.54) is 12.1 Å². The summed E-state index contributed by atoms with van der Waals surface area (Å²) in [4.78, 5) is 11.5. The Morgan fingerprint density at radius 3 is 2.76 bits per heavy atom. The number of hydrogen-bond donors (Lipinski definition) is 3. The fourth-order valence-corrected chi connectivity index (χ4v) is 1.26. The number of aliphatic hydroxyl groups is 1. The fraction of sp³-hybridized carbons (Fsp3) is 0.364. The van der Waals surface area contributed by atoms with Gasteiger partial charge in [-0.15, -0.1) is 0 Å². The minimum absolute atomic E-state index is 0.179. The lowest BCUT2D eigenvalue weighted by molar-refractivity contribution is 0.187. The van der Waals surface area contributed by atoms with Crippen LogP contribution in [-0.2, 0) is 0 Å². The summed E-state index contributed by atoms with van der Waals surface area (Å²) < 4.78 is 12.9. The van der Waals surface area contributed by atoms with Crippen molar-refractivity contribution in [3.05, 3.63) is 29.0 Å². The number of benzene rings is 1. The van der Waals surface area contributed by atoms with E-state index in [9.17, 15) is 9.18 Å². The highest BCUT2D eigenvalue weighted by Crippen LogP contribution is 2.22. The van der Waals surface area contributed by atoms with Gasteiger partial charge in [0.25, 0.3) is 0 Å². The van der Waals surface area contributed by atoms with Crippen molar-refractivity contribution in [2.75, 3.05) is 11.9 Å². The van der Waals surface area contributed by atoms with Crippen molar-refractivity contribution in [2.45, 2.75) is 19.4 Å². The molecule has 0 aliphatic rings. The molecule has 6 heteroatoms. The molecule has 0 fully saturated rings. The molecule has 0 radical (unpaired) electrons. The van der Waals surface area contributed by atoms with Crippen LogP contribution in [0.3, 0.4) is 0 Å². The molecule has 17 heavy (non-hydrogen) atoms. The van der Waals surface area contributed by atoms with E-state index in [0.29, 0.717) is 0 Å². The van der Waals surface area contributed by atoms with E-state index in [1.54, 1.807) is 13.8 Å². The summed E-state index contributed by atoms with van der Waals surface area (Å²) in [7, 11) is 0. The van der Waals surface area contributed by atoms with Gasteiger partial charge in [-0.05, 0) is 32.0 Å². The number of anilines is 1. The van der Waals surface area contributed by atoms with Gasteiger partial charge in [0, 0.05) is 0 Å². The zero-order chi connectivity index (χ0) is 13.1. The molecule has 0 spiro atoms. The van der Waals surface area contributed by atoms with Gasteiger partial charge in [-0.2, -0.15) is 0 Å². The summed E-state index contributed by atoms with van der Waals surface area (Å²) in [6.07, 6.45) is 0. The maximum absolute atomic E-state index is 12.9. The Morgan fingerprint density at radius 2 is 2.18 bits per heavy atom. The molecule has 0 bridgehead atoms. The van der Waals surface area contributed by atoms with Gasteiger partial charge in [-0.3, -0.25) is 0 Å². The second-order valence-electron chi connectivity index (χ2n) is 4.25. The summed E-state index contributed by atoms with van der Waals surface area (Å²) >= 11 is 5.79. The average Bonchev–Trinajstić information content (AvgIpc) is 2.23. The van der Waals surface area contributed by atoms with Crippen LogP contribution in [0.4, 0.5) is 14.9 Å². The number of amides is 2. The van der Waals surface area contributed by atoms with E-state index in [-0.39, 0.29) is 17.3 Å². The first-order valence-corrected chi connectivity index (χ1v) is 5.37. The van der Waals surface area contributed by atoms with Crippen LogP contribution in [0.5, 0.6) is 0 Å². The molecular formula is C11H14ClFN2O2. The molecule has 0 aromatic heterocycles. The number of carbonyl (C=O) groups is 1. The largest absolute Gasteiger partial charge is 0.394 e. The summed E-state index contributed by atoms with van der Waals surface area (Å²) in [5.74, 6) is -0.494. The van der Waals surface area contributed by atoms with Gasteiger partial charge in [0.05, 0.1) is 22.9 Å². The molecule has 0 aliphatic carbocycles. The third-order valence-electron chi connectivity index (χ3n) is 2.02. The Balaban J connectivity index is 2.71. The molecule has 1 aromatic rings. The van der Waals surface area contributed by atoms with Crippen molar-refractivity contribution in [2.24, 2.45) is 0 Å². The lowest BCUT2D eigenvalue weighted by Gasteiger charge is -2.23. The van der Waals surface area contributed by atoms with E-state index >= 15 is 0 Å². The number of halogens is 2. The first-order chi connectivity index (χ1) is 7.84. The normalized spacial score (nSPS) is 11.1. The highest BCUT2D eigenvalue weighted by molar-refractivity contribution is 6.33. The second kappa shape index (κ2) is 5.33. The highest BCUT2D eigenvalue weighted by Gasteiger charge is 2.19. The summed E-state index contributed by atoms with van der Waals surface area (Å²) in [5.41, 5.74) is -0.581. The molecule has 0 aliphatic heterocycles. The molecule has 3 N–H and O–H groups in total. The predicted molar refractivity (Wildman–Crippen MR) is 64.7 cm³/mol. The van der Waals surface area contributed by atoms with E-state index in [0.717, 1.165) is 6.07 Å². The molecular weight excluding hydrogens is 247 g/mol. The Bertz CT molecular complexity index is 424. The van der Waals surface area contributed by atoms with Gasteiger partial charge in [0.2, 0.25) is 0 Å².